The van der Waals surface area contributed by atoms with Gasteiger partial charge in [-0.3, -0.25) is 13.9 Å². The second-order valence-electron chi connectivity index (χ2n) is 8.22. The second-order valence-corrected chi connectivity index (χ2v) is 10.5. The molecule has 7 nitrogen and oxygen atoms in total. The van der Waals surface area contributed by atoms with E-state index in [-0.39, 0.29) is 29.2 Å². The number of sulfonamides is 1. The van der Waals surface area contributed by atoms with Crippen LogP contribution in [-0.4, -0.2) is 50.0 Å². The standard InChI is InChI=1S/C23H29ClFN3O4S/c1-15(2)26-23(30)17(4)27(13-18-8-6-7-16(3)11-18)22(29)14-28(33(5,31)32)19-9-10-21(25)20(24)12-19/h6-12,15,17H,13-14H2,1-5H3,(H,26,30)/t17-/m0/s1. The van der Waals surface area contributed by atoms with Crippen LogP contribution in [0.25, 0.3) is 0 Å². The van der Waals surface area contributed by atoms with E-state index in [0.717, 1.165) is 33.8 Å². The van der Waals surface area contributed by atoms with Gasteiger partial charge >= 0.3 is 0 Å². The van der Waals surface area contributed by atoms with E-state index in [0.29, 0.717) is 0 Å². The molecule has 33 heavy (non-hydrogen) atoms. The van der Waals surface area contributed by atoms with Crippen LogP contribution in [0.4, 0.5) is 10.1 Å². The SMILES string of the molecule is Cc1cccc(CN(C(=O)CN(c2ccc(F)c(Cl)c2)S(C)(=O)=O)[C@@H](C)C(=O)NC(C)C)c1. The Hall–Kier alpha value is -2.65. The highest BCUT2D eigenvalue weighted by atomic mass is 35.5. The maximum Gasteiger partial charge on any atom is 0.244 e. The Balaban J connectivity index is 2.41. The third kappa shape index (κ3) is 7.43. The molecule has 0 aliphatic rings. The smallest absolute Gasteiger partial charge is 0.244 e. The molecule has 2 aromatic rings. The zero-order valence-electron chi connectivity index (χ0n) is 19.3. The number of hydrogen-bond acceptors (Lipinski definition) is 4. The molecule has 0 fully saturated rings. The molecule has 2 amide bonds. The molecular formula is C23H29ClFN3O4S. The minimum atomic E-state index is -3.92. The predicted molar refractivity (Wildman–Crippen MR) is 128 cm³/mol. The number of rotatable bonds is 9. The van der Waals surface area contributed by atoms with Gasteiger partial charge in [0.2, 0.25) is 21.8 Å². The number of halogens is 2. The lowest BCUT2D eigenvalue weighted by Gasteiger charge is -2.32. The number of anilines is 1. The molecule has 0 spiro atoms. The average molecular weight is 498 g/mol. The number of aryl methyl sites for hydroxylation is 1. The van der Waals surface area contributed by atoms with Crippen LogP contribution < -0.4 is 9.62 Å². The van der Waals surface area contributed by atoms with Crippen LogP contribution in [0, 0.1) is 12.7 Å². The third-order valence-corrected chi connectivity index (χ3v) is 6.33. The monoisotopic (exact) mass is 497 g/mol. The minimum Gasteiger partial charge on any atom is -0.352 e. The molecule has 2 aromatic carbocycles. The van der Waals surface area contributed by atoms with Gasteiger partial charge in [-0.2, -0.15) is 0 Å². The topological polar surface area (TPSA) is 86.8 Å². The fourth-order valence-corrected chi connectivity index (χ4v) is 4.27. The van der Waals surface area contributed by atoms with Crippen LogP contribution in [-0.2, 0) is 26.2 Å². The fraction of sp³-hybridized carbons (Fsp3) is 0.391. The third-order valence-electron chi connectivity index (χ3n) is 4.90. The molecule has 180 valence electrons. The Morgan fingerprint density at radius 3 is 2.33 bits per heavy atom. The first-order chi connectivity index (χ1) is 15.3. The number of nitrogens with one attached hydrogen (secondary N) is 1. The zero-order chi connectivity index (χ0) is 24.9. The second kappa shape index (κ2) is 11.0. The summed E-state index contributed by atoms with van der Waals surface area (Å²) in [5.41, 5.74) is 1.83. The summed E-state index contributed by atoms with van der Waals surface area (Å²) in [6.45, 7) is 6.64. The lowest BCUT2D eigenvalue weighted by atomic mass is 10.1. The van der Waals surface area contributed by atoms with Crippen LogP contribution in [0.15, 0.2) is 42.5 Å². The molecule has 0 saturated heterocycles. The van der Waals surface area contributed by atoms with Gasteiger partial charge in [-0.25, -0.2) is 12.8 Å². The summed E-state index contributed by atoms with van der Waals surface area (Å²) in [4.78, 5) is 27.4. The van der Waals surface area contributed by atoms with Crippen molar-refractivity contribution in [1.82, 2.24) is 10.2 Å². The molecule has 0 saturated carbocycles. The van der Waals surface area contributed by atoms with Gasteiger partial charge in [0.05, 0.1) is 17.0 Å². The van der Waals surface area contributed by atoms with Crippen LogP contribution >= 0.6 is 11.6 Å². The molecule has 0 aliphatic heterocycles. The summed E-state index contributed by atoms with van der Waals surface area (Å²) >= 11 is 5.82. The summed E-state index contributed by atoms with van der Waals surface area (Å²) < 4.78 is 39.4. The van der Waals surface area contributed by atoms with Crippen molar-refractivity contribution in [3.05, 3.63) is 64.4 Å². The van der Waals surface area contributed by atoms with Crippen LogP contribution in [0.1, 0.15) is 31.9 Å². The van der Waals surface area contributed by atoms with E-state index in [4.69, 9.17) is 11.6 Å². The largest absolute Gasteiger partial charge is 0.352 e. The number of carbonyl (C=O) groups is 2. The highest BCUT2D eigenvalue weighted by molar-refractivity contribution is 7.92. The van der Waals surface area contributed by atoms with Crippen molar-refractivity contribution in [3.8, 4) is 0 Å². The van der Waals surface area contributed by atoms with Crippen molar-refractivity contribution in [2.75, 3.05) is 17.1 Å². The van der Waals surface area contributed by atoms with Crippen molar-refractivity contribution in [2.45, 2.75) is 46.3 Å². The Labute approximate surface area is 199 Å². The molecule has 0 aromatic heterocycles. The van der Waals surface area contributed by atoms with E-state index in [1.165, 1.54) is 11.0 Å². The first-order valence-electron chi connectivity index (χ1n) is 10.4. The summed E-state index contributed by atoms with van der Waals surface area (Å²) in [7, 11) is -3.92. The molecule has 2 rings (SSSR count). The summed E-state index contributed by atoms with van der Waals surface area (Å²) in [6.07, 6.45) is 0.942. The Morgan fingerprint density at radius 1 is 1.12 bits per heavy atom. The van der Waals surface area contributed by atoms with Crippen molar-refractivity contribution < 1.29 is 22.4 Å². The first-order valence-corrected chi connectivity index (χ1v) is 12.6. The Kier molecular flexibility index (Phi) is 8.85. The van der Waals surface area contributed by atoms with Crippen molar-refractivity contribution in [3.63, 3.8) is 0 Å². The van der Waals surface area contributed by atoms with E-state index in [9.17, 15) is 22.4 Å². The van der Waals surface area contributed by atoms with Gasteiger partial charge in [-0.05, 0) is 51.5 Å². The highest BCUT2D eigenvalue weighted by Gasteiger charge is 2.30. The van der Waals surface area contributed by atoms with Gasteiger partial charge in [0.25, 0.3) is 0 Å². The molecule has 1 N–H and O–H groups in total. The number of carbonyl (C=O) groups excluding carboxylic acids is 2. The van der Waals surface area contributed by atoms with Gasteiger partial charge in [-0.1, -0.05) is 41.4 Å². The average Bonchev–Trinajstić information content (AvgIpc) is 2.70. The molecule has 0 bridgehead atoms. The van der Waals surface area contributed by atoms with Crippen LogP contribution in [0.2, 0.25) is 5.02 Å². The van der Waals surface area contributed by atoms with E-state index in [1.807, 2.05) is 31.2 Å². The fourth-order valence-electron chi connectivity index (χ4n) is 3.25. The number of nitrogens with zero attached hydrogens (tertiary/aromatic N) is 2. The van der Waals surface area contributed by atoms with Gasteiger partial charge in [0, 0.05) is 12.6 Å². The van der Waals surface area contributed by atoms with E-state index in [1.54, 1.807) is 20.8 Å². The van der Waals surface area contributed by atoms with E-state index < -0.39 is 34.3 Å². The molecule has 1 atom stereocenters. The molecule has 10 heteroatoms. The normalized spacial score (nSPS) is 12.4. The summed E-state index contributed by atoms with van der Waals surface area (Å²) in [6, 6.07) is 9.88. The molecule has 0 radical (unpaired) electrons. The van der Waals surface area contributed by atoms with Gasteiger partial charge in [0.1, 0.15) is 18.4 Å². The molecule has 0 heterocycles. The Morgan fingerprint density at radius 2 is 1.79 bits per heavy atom. The van der Waals surface area contributed by atoms with Crippen LogP contribution in [0.3, 0.4) is 0 Å². The van der Waals surface area contributed by atoms with Crippen molar-refractivity contribution in [2.24, 2.45) is 0 Å². The summed E-state index contributed by atoms with van der Waals surface area (Å²) in [5, 5.41) is 2.51. The van der Waals surface area contributed by atoms with E-state index in [2.05, 4.69) is 5.32 Å². The quantitative estimate of drug-likeness (QED) is 0.574. The zero-order valence-corrected chi connectivity index (χ0v) is 20.9. The highest BCUT2D eigenvalue weighted by Crippen LogP contribution is 2.25. The lowest BCUT2D eigenvalue weighted by molar-refractivity contribution is -0.139. The van der Waals surface area contributed by atoms with Crippen molar-refractivity contribution in [1.29, 1.82) is 0 Å². The minimum absolute atomic E-state index is 0.0482. The summed E-state index contributed by atoms with van der Waals surface area (Å²) in [5.74, 6) is -1.66. The van der Waals surface area contributed by atoms with Gasteiger partial charge in [0.15, 0.2) is 0 Å². The molecular weight excluding hydrogens is 469 g/mol. The number of hydrogen-bond donors (Lipinski definition) is 1. The first kappa shape index (κ1) is 26.6. The lowest BCUT2D eigenvalue weighted by Crippen LogP contribution is -2.52. The van der Waals surface area contributed by atoms with Crippen molar-refractivity contribution >= 4 is 39.1 Å². The maximum atomic E-state index is 13.6. The molecule has 0 aliphatic carbocycles. The van der Waals surface area contributed by atoms with E-state index >= 15 is 0 Å². The predicted octanol–water partition coefficient (Wildman–Crippen LogP) is 3.50. The molecule has 0 unspecified atom stereocenters. The number of benzene rings is 2. The maximum absolute atomic E-state index is 13.6. The van der Waals surface area contributed by atoms with Gasteiger partial charge < -0.3 is 10.2 Å². The van der Waals surface area contributed by atoms with Crippen LogP contribution in [0.5, 0.6) is 0 Å². The number of amides is 2. The Bertz CT molecular complexity index is 1120. The van der Waals surface area contributed by atoms with Gasteiger partial charge in [-0.15, -0.1) is 0 Å².